The molecule has 0 aromatic heterocycles. The van der Waals surface area contributed by atoms with Crippen molar-refractivity contribution in [3.05, 3.63) is 38.3 Å². The summed E-state index contributed by atoms with van der Waals surface area (Å²) in [5, 5.41) is 12.6. The zero-order valence-corrected chi connectivity index (χ0v) is 12.3. The predicted molar refractivity (Wildman–Crippen MR) is 74.4 cm³/mol. The highest BCUT2D eigenvalue weighted by molar-refractivity contribution is 9.10. The Balaban J connectivity index is 0.00000361. The Bertz CT molecular complexity index is 517. The molecule has 0 bridgehead atoms. The molecular weight excluding hydrogens is 363 g/mol. The standard InChI is InChI=1S/C10H10BrF2N3O3.ClH/c11-7-1-6(2-8(3-7)16(18)19)9(17)15-5-10(12,13)4-14;/h1-3H,4-5,14H2,(H,15,17);1H. The van der Waals surface area contributed by atoms with Crippen molar-refractivity contribution < 1.29 is 18.5 Å². The minimum Gasteiger partial charge on any atom is -0.346 e. The number of nitrogens with zero attached hydrogens (tertiary/aromatic N) is 1. The SMILES string of the molecule is Cl.NCC(F)(F)CNC(=O)c1cc(Br)cc([N+](=O)[O-])c1. The van der Waals surface area contributed by atoms with E-state index in [2.05, 4.69) is 15.9 Å². The monoisotopic (exact) mass is 373 g/mol. The van der Waals surface area contributed by atoms with E-state index in [1.54, 1.807) is 0 Å². The first-order valence-electron chi connectivity index (χ1n) is 5.06. The van der Waals surface area contributed by atoms with Crippen LogP contribution in [0, 0.1) is 10.1 Å². The molecule has 3 N–H and O–H groups in total. The van der Waals surface area contributed by atoms with Gasteiger partial charge in [-0.25, -0.2) is 8.78 Å². The molecule has 0 unspecified atom stereocenters. The van der Waals surface area contributed by atoms with Crippen LogP contribution in [0.3, 0.4) is 0 Å². The molecule has 0 saturated carbocycles. The van der Waals surface area contributed by atoms with Gasteiger partial charge < -0.3 is 11.1 Å². The van der Waals surface area contributed by atoms with Crippen molar-refractivity contribution in [2.75, 3.05) is 13.1 Å². The maximum atomic E-state index is 12.9. The van der Waals surface area contributed by atoms with Crippen LogP contribution in [0.15, 0.2) is 22.7 Å². The van der Waals surface area contributed by atoms with Crippen LogP contribution >= 0.6 is 28.3 Å². The molecule has 0 aliphatic carbocycles. The Kier molecular flexibility index (Phi) is 6.97. The van der Waals surface area contributed by atoms with Crippen molar-refractivity contribution in [2.45, 2.75) is 5.92 Å². The van der Waals surface area contributed by atoms with Gasteiger partial charge in [-0.2, -0.15) is 0 Å². The van der Waals surface area contributed by atoms with E-state index in [0.29, 0.717) is 4.47 Å². The lowest BCUT2D eigenvalue weighted by Gasteiger charge is -2.14. The summed E-state index contributed by atoms with van der Waals surface area (Å²) in [5.74, 6) is -4.05. The van der Waals surface area contributed by atoms with Crippen LogP contribution in [0.2, 0.25) is 0 Å². The molecule has 0 atom stereocenters. The summed E-state index contributed by atoms with van der Waals surface area (Å²) in [7, 11) is 0. The molecule has 10 heteroatoms. The maximum Gasteiger partial charge on any atom is 0.277 e. The fourth-order valence-electron chi connectivity index (χ4n) is 1.19. The van der Waals surface area contributed by atoms with Gasteiger partial charge >= 0.3 is 0 Å². The third-order valence-electron chi connectivity index (χ3n) is 2.16. The minimum absolute atomic E-state index is 0. The first-order valence-corrected chi connectivity index (χ1v) is 5.85. The van der Waals surface area contributed by atoms with Gasteiger partial charge in [0.1, 0.15) is 0 Å². The summed E-state index contributed by atoms with van der Waals surface area (Å²) in [4.78, 5) is 21.5. The number of rotatable bonds is 5. The largest absolute Gasteiger partial charge is 0.346 e. The van der Waals surface area contributed by atoms with Crippen LogP contribution in [-0.4, -0.2) is 29.8 Å². The molecular formula is C10H11BrClF2N3O3. The fraction of sp³-hybridized carbons (Fsp3) is 0.300. The predicted octanol–water partition coefficient (Wildman–Crippen LogP) is 2.10. The average molecular weight is 375 g/mol. The van der Waals surface area contributed by atoms with Crippen LogP contribution in [0.25, 0.3) is 0 Å². The number of amides is 1. The molecule has 6 nitrogen and oxygen atoms in total. The molecule has 0 aliphatic heterocycles. The number of nitrogens with two attached hydrogens (primary N) is 1. The van der Waals surface area contributed by atoms with E-state index >= 15 is 0 Å². The highest BCUT2D eigenvalue weighted by Crippen LogP contribution is 2.21. The molecule has 1 aromatic carbocycles. The van der Waals surface area contributed by atoms with Crippen molar-refractivity contribution in [3.8, 4) is 0 Å². The number of hydrogen-bond donors (Lipinski definition) is 2. The average Bonchev–Trinajstić information content (AvgIpc) is 2.35. The smallest absolute Gasteiger partial charge is 0.277 e. The maximum absolute atomic E-state index is 12.9. The zero-order chi connectivity index (χ0) is 14.6. The highest BCUT2D eigenvalue weighted by Gasteiger charge is 2.27. The summed E-state index contributed by atoms with van der Waals surface area (Å²) in [5.41, 5.74) is 4.42. The Morgan fingerprint density at radius 1 is 1.45 bits per heavy atom. The second-order valence-electron chi connectivity index (χ2n) is 3.70. The zero-order valence-electron chi connectivity index (χ0n) is 9.94. The highest BCUT2D eigenvalue weighted by atomic mass is 79.9. The van der Waals surface area contributed by atoms with Gasteiger partial charge in [-0.05, 0) is 6.07 Å². The Hall–Kier alpha value is -1.32. The van der Waals surface area contributed by atoms with E-state index in [-0.39, 0.29) is 23.7 Å². The topological polar surface area (TPSA) is 98.3 Å². The molecule has 0 heterocycles. The van der Waals surface area contributed by atoms with E-state index in [9.17, 15) is 23.7 Å². The lowest BCUT2D eigenvalue weighted by atomic mass is 10.2. The van der Waals surface area contributed by atoms with Crippen LogP contribution in [0.5, 0.6) is 0 Å². The molecule has 112 valence electrons. The number of nitro groups is 1. The van der Waals surface area contributed by atoms with Gasteiger partial charge in [0.15, 0.2) is 0 Å². The fourth-order valence-corrected chi connectivity index (χ4v) is 1.68. The van der Waals surface area contributed by atoms with Gasteiger partial charge in [-0.15, -0.1) is 12.4 Å². The van der Waals surface area contributed by atoms with Crippen molar-refractivity contribution in [2.24, 2.45) is 5.73 Å². The molecule has 0 aliphatic rings. The Labute approximate surface area is 127 Å². The van der Waals surface area contributed by atoms with Crippen LogP contribution in [0.1, 0.15) is 10.4 Å². The van der Waals surface area contributed by atoms with Crippen molar-refractivity contribution >= 4 is 39.9 Å². The molecule has 1 aromatic rings. The Morgan fingerprint density at radius 3 is 2.55 bits per heavy atom. The molecule has 0 spiro atoms. The van der Waals surface area contributed by atoms with E-state index in [1.165, 1.54) is 12.1 Å². The van der Waals surface area contributed by atoms with Crippen molar-refractivity contribution in [1.29, 1.82) is 0 Å². The van der Waals surface area contributed by atoms with Crippen LogP contribution in [-0.2, 0) is 0 Å². The first kappa shape index (κ1) is 18.7. The molecule has 0 fully saturated rings. The molecule has 0 saturated heterocycles. The number of carbonyl (C=O) groups is 1. The van der Waals surface area contributed by atoms with Crippen LogP contribution < -0.4 is 11.1 Å². The van der Waals surface area contributed by atoms with Gasteiger partial charge in [-0.3, -0.25) is 14.9 Å². The second kappa shape index (κ2) is 7.46. The number of carbonyl (C=O) groups excluding carboxylic acids is 1. The van der Waals surface area contributed by atoms with Gasteiger partial charge in [0, 0.05) is 22.2 Å². The summed E-state index contributed by atoms with van der Waals surface area (Å²) in [6.45, 7) is -1.82. The molecule has 20 heavy (non-hydrogen) atoms. The van der Waals surface area contributed by atoms with Gasteiger partial charge in [0.05, 0.1) is 18.0 Å². The van der Waals surface area contributed by atoms with Gasteiger partial charge in [0.25, 0.3) is 17.5 Å². The Morgan fingerprint density at radius 2 is 2.05 bits per heavy atom. The lowest BCUT2D eigenvalue weighted by Crippen LogP contribution is -2.41. The quantitative estimate of drug-likeness (QED) is 0.609. The van der Waals surface area contributed by atoms with Crippen LogP contribution in [0.4, 0.5) is 14.5 Å². The number of alkyl halides is 2. The van der Waals surface area contributed by atoms with Gasteiger partial charge in [0.2, 0.25) is 0 Å². The van der Waals surface area contributed by atoms with Gasteiger partial charge in [-0.1, -0.05) is 15.9 Å². The number of benzene rings is 1. The lowest BCUT2D eigenvalue weighted by molar-refractivity contribution is -0.385. The molecule has 1 rings (SSSR count). The molecule has 1 amide bonds. The van der Waals surface area contributed by atoms with E-state index in [1.807, 2.05) is 5.32 Å². The summed E-state index contributed by atoms with van der Waals surface area (Å²) >= 11 is 3.00. The normalized spacial score (nSPS) is 10.6. The van der Waals surface area contributed by atoms with E-state index < -0.39 is 29.8 Å². The third kappa shape index (κ3) is 5.35. The van der Waals surface area contributed by atoms with E-state index in [0.717, 1.165) is 6.07 Å². The number of non-ortho nitro benzene ring substituents is 1. The van der Waals surface area contributed by atoms with Crippen molar-refractivity contribution in [1.82, 2.24) is 5.32 Å². The number of nitrogens with one attached hydrogen (secondary N) is 1. The number of halogens is 4. The summed E-state index contributed by atoms with van der Waals surface area (Å²) in [6, 6.07) is 3.49. The third-order valence-corrected chi connectivity index (χ3v) is 2.62. The minimum atomic E-state index is -3.21. The molecule has 0 radical (unpaired) electrons. The number of nitro benzene ring substituents is 1. The second-order valence-corrected chi connectivity index (χ2v) is 4.61. The summed E-state index contributed by atoms with van der Waals surface area (Å²) < 4.78 is 26.0. The summed E-state index contributed by atoms with van der Waals surface area (Å²) in [6.07, 6.45) is 0. The number of hydrogen-bond acceptors (Lipinski definition) is 4. The van der Waals surface area contributed by atoms with E-state index in [4.69, 9.17) is 5.73 Å². The first-order chi connectivity index (χ1) is 8.75. The van der Waals surface area contributed by atoms with Crippen molar-refractivity contribution in [3.63, 3.8) is 0 Å².